The van der Waals surface area contributed by atoms with E-state index in [0.29, 0.717) is 13.1 Å². The van der Waals surface area contributed by atoms with Gasteiger partial charge in [-0.1, -0.05) is 19.3 Å². The Hall–Kier alpha value is -1.10. The fourth-order valence-electron chi connectivity index (χ4n) is 3.13. The number of piperazine rings is 1. The van der Waals surface area contributed by atoms with Crippen LogP contribution in [0.3, 0.4) is 0 Å². The number of carbonyl (C=O) groups excluding carboxylic acids is 2. The van der Waals surface area contributed by atoms with E-state index in [1.165, 1.54) is 0 Å². The number of nitrogens with zero attached hydrogens (tertiary/aromatic N) is 1. The third-order valence-corrected chi connectivity index (χ3v) is 4.50. The molecule has 0 spiro atoms. The molecule has 1 saturated carbocycles. The Labute approximate surface area is 114 Å². The summed E-state index contributed by atoms with van der Waals surface area (Å²) in [6, 6.07) is -0.0595. The van der Waals surface area contributed by atoms with Gasteiger partial charge in [0.05, 0.1) is 5.92 Å². The second-order valence-corrected chi connectivity index (χ2v) is 6.21. The lowest BCUT2D eigenvalue weighted by Gasteiger charge is -2.43. The molecule has 2 fully saturated rings. The summed E-state index contributed by atoms with van der Waals surface area (Å²) in [5.41, 5.74) is 5.40. The molecule has 2 unspecified atom stereocenters. The van der Waals surface area contributed by atoms with Gasteiger partial charge in [0.15, 0.2) is 0 Å². The first-order chi connectivity index (χ1) is 8.94. The fourth-order valence-corrected chi connectivity index (χ4v) is 3.13. The minimum absolute atomic E-state index is 0.0595. The van der Waals surface area contributed by atoms with Crippen molar-refractivity contribution in [3.63, 3.8) is 0 Å². The van der Waals surface area contributed by atoms with Crippen LogP contribution in [0.15, 0.2) is 0 Å². The van der Waals surface area contributed by atoms with Crippen molar-refractivity contribution in [3.8, 4) is 0 Å². The molecule has 5 heteroatoms. The van der Waals surface area contributed by atoms with E-state index in [1.807, 2.05) is 13.8 Å². The lowest BCUT2D eigenvalue weighted by Crippen LogP contribution is -2.65. The quantitative estimate of drug-likeness (QED) is 0.684. The highest BCUT2D eigenvalue weighted by molar-refractivity contribution is 5.92. The zero-order valence-electron chi connectivity index (χ0n) is 11.9. The molecule has 1 aliphatic heterocycles. The molecule has 1 heterocycles. The van der Waals surface area contributed by atoms with E-state index in [4.69, 9.17) is 5.73 Å². The Morgan fingerprint density at radius 2 is 2.00 bits per heavy atom. The third-order valence-electron chi connectivity index (χ3n) is 4.50. The van der Waals surface area contributed by atoms with E-state index < -0.39 is 5.54 Å². The van der Waals surface area contributed by atoms with Gasteiger partial charge in [0.2, 0.25) is 11.8 Å². The summed E-state index contributed by atoms with van der Waals surface area (Å²) < 4.78 is 0. The number of hydrogen-bond donors (Lipinski definition) is 2. The minimum Gasteiger partial charge on any atom is -0.352 e. The maximum Gasteiger partial charge on any atom is 0.245 e. The van der Waals surface area contributed by atoms with Crippen LogP contribution >= 0.6 is 0 Å². The van der Waals surface area contributed by atoms with Crippen molar-refractivity contribution in [3.05, 3.63) is 0 Å². The van der Waals surface area contributed by atoms with Crippen molar-refractivity contribution in [1.82, 2.24) is 10.2 Å². The van der Waals surface area contributed by atoms with Crippen molar-refractivity contribution in [1.29, 1.82) is 0 Å². The van der Waals surface area contributed by atoms with E-state index in [1.54, 1.807) is 4.90 Å². The normalized spacial score (nSPS) is 31.5. The molecule has 1 aliphatic carbocycles. The van der Waals surface area contributed by atoms with Crippen molar-refractivity contribution < 1.29 is 9.59 Å². The Kier molecular flexibility index (Phi) is 4.13. The van der Waals surface area contributed by atoms with Gasteiger partial charge in [-0.15, -0.1) is 0 Å². The van der Waals surface area contributed by atoms with Gasteiger partial charge < -0.3 is 16.0 Å². The molecule has 2 aliphatic rings. The van der Waals surface area contributed by atoms with Crippen molar-refractivity contribution in [2.45, 2.75) is 57.5 Å². The Balaban J connectivity index is 2.15. The largest absolute Gasteiger partial charge is 0.352 e. The first-order valence-electron chi connectivity index (χ1n) is 7.30. The van der Waals surface area contributed by atoms with Crippen LogP contribution in [0.25, 0.3) is 0 Å². The average Bonchev–Trinajstić information content (AvgIpc) is 2.56. The van der Waals surface area contributed by atoms with Crippen LogP contribution in [0.4, 0.5) is 0 Å². The highest BCUT2D eigenvalue weighted by atomic mass is 16.2. The molecule has 5 nitrogen and oxygen atoms in total. The average molecular weight is 267 g/mol. The van der Waals surface area contributed by atoms with Crippen LogP contribution in [-0.4, -0.2) is 41.4 Å². The number of carbonyl (C=O) groups is 2. The molecule has 0 aromatic heterocycles. The standard InChI is InChI=1S/C14H25N3O2/c1-14(2)13(19)16-8-9-17(14)12(18)10-6-4-3-5-7-11(10)15/h10-11H,3-9,15H2,1-2H3,(H,16,19). The molecule has 0 radical (unpaired) electrons. The molecule has 2 atom stereocenters. The number of amides is 2. The smallest absolute Gasteiger partial charge is 0.245 e. The summed E-state index contributed by atoms with van der Waals surface area (Å²) in [4.78, 5) is 26.4. The summed E-state index contributed by atoms with van der Waals surface area (Å²) in [7, 11) is 0. The van der Waals surface area contributed by atoms with E-state index in [9.17, 15) is 9.59 Å². The second kappa shape index (κ2) is 5.49. The van der Waals surface area contributed by atoms with Gasteiger partial charge in [-0.3, -0.25) is 9.59 Å². The van der Waals surface area contributed by atoms with Gasteiger partial charge >= 0.3 is 0 Å². The molecule has 108 valence electrons. The van der Waals surface area contributed by atoms with Gasteiger partial charge in [-0.2, -0.15) is 0 Å². The molecule has 2 rings (SSSR count). The zero-order valence-corrected chi connectivity index (χ0v) is 11.9. The topological polar surface area (TPSA) is 75.4 Å². The first-order valence-corrected chi connectivity index (χ1v) is 7.30. The maximum absolute atomic E-state index is 12.7. The second-order valence-electron chi connectivity index (χ2n) is 6.21. The Morgan fingerprint density at radius 3 is 2.74 bits per heavy atom. The predicted octanol–water partition coefficient (Wildman–Crippen LogP) is 0.631. The van der Waals surface area contributed by atoms with E-state index in [-0.39, 0.29) is 23.8 Å². The van der Waals surface area contributed by atoms with E-state index in [0.717, 1.165) is 32.1 Å². The highest BCUT2D eigenvalue weighted by Gasteiger charge is 2.43. The van der Waals surface area contributed by atoms with E-state index in [2.05, 4.69) is 5.32 Å². The Morgan fingerprint density at radius 1 is 1.32 bits per heavy atom. The van der Waals surface area contributed by atoms with Crippen molar-refractivity contribution in [2.75, 3.05) is 13.1 Å². The zero-order chi connectivity index (χ0) is 14.0. The van der Waals surface area contributed by atoms with Crippen LogP contribution in [0.5, 0.6) is 0 Å². The Bertz CT molecular complexity index is 368. The predicted molar refractivity (Wildman–Crippen MR) is 73.4 cm³/mol. The summed E-state index contributed by atoms with van der Waals surface area (Å²) in [5, 5.41) is 2.82. The fraction of sp³-hybridized carbons (Fsp3) is 0.857. The lowest BCUT2D eigenvalue weighted by atomic mass is 9.90. The van der Waals surface area contributed by atoms with E-state index >= 15 is 0 Å². The van der Waals surface area contributed by atoms with Crippen LogP contribution < -0.4 is 11.1 Å². The number of nitrogens with one attached hydrogen (secondary N) is 1. The number of rotatable bonds is 1. The molecule has 1 saturated heterocycles. The summed E-state index contributed by atoms with van der Waals surface area (Å²) in [6.45, 7) is 4.74. The molecule has 2 amide bonds. The minimum atomic E-state index is -0.763. The van der Waals surface area contributed by atoms with Gasteiger partial charge in [-0.05, 0) is 26.7 Å². The third kappa shape index (κ3) is 2.76. The van der Waals surface area contributed by atoms with Crippen LogP contribution in [0, 0.1) is 5.92 Å². The molecule has 0 bridgehead atoms. The van der Waals surface area contributed by atoms with Gasteiger partial charge in [0.25, 0.3) is 0 Å². The van der Waals surface area contributed by atoms with Crippen LogP contribution in [-0.2, 0) is 9.59 Å². The molecular weight excluding hydrogens is 242 g/mol. The van der Waals surface area contributed by atoms with Crippen molar-refractivity contribution >= 4 is 11.8 Å². The number of nitrogens with two attached hydrogens (primary N) is 1. The maximum atomic E-state index is 12.7. The molecule has 0 aromatic carbocycles. The molecular formula is C14H25N3O2. The lowest BCUT2D eigenvalue weighted by molar-refractivity contribution is -0.152. The van der Waals surface area contributed by atoms with Gasteiger partial charge in [-0.25, -0.2) is 0 Å². The molecule has 19 heavy (non-hydrogen) atoms. The van der Waals surface area contributed by atoms with Gasteiger partial charge in [0, 0.05) is 19.1 Å². The van der Waals surface area contributed by atoms with Crippen LogP contribution in [0.1, 0.15) is 46.0 Å². The van der Waals surface area contributed by atoms with Gasteiger partial charge in [0.1, 0.15) is 5.54 Å². The number of hydrogen-bond acceptors (Lipinski definition) is 3. The summed E-state index contributed by atoms with van der Waals surface area (Å²) in [6.07, 6.45) is 5.09. The monoisotopic (exact) mass is 267 g/mol. The van der Waals surface area contributed by atoms with Crippen LogP contribution in [0.2, 0.25) is 0 Å². The SMILES string of the molecule is CC1(C)C(=O)NCCN1C(=O)C1CCCCCC1N. The molecule has 3 N–H and O–H groups in total. The molecule has 0 aromatic rings. The van der Waals surface area contributed by atoms with Crippen molar-refractivity contribution in [2.24, 2.45) is 11.7 Å². The highest BCUT2D eigenvalue weighted by Crippen LogP contribution is 2.27. The summed E-state index contributed by atoms with van der Waals surface area (Å²) >= 11 is 0. The summed E-state index contributed by atoms with van der Waals surface area (Å²) in [5.74, 6) is -0.129. The first kappa shape index (κ1) is 14.3.